The molecule has 0 N–H and O–H groups in total. The van der Waals surface area contributed by atoms with E-state index in [4.69, 9.17) is 4.74 Å². The lowest BCUT2D eigenvalue weighted by Crippen LogP contribution is -3.00. The second kappa shape index (κ2) is 9.15. The molecule has 2 atom stereocenters. The Kier molecular flexibility index (Phi) is 8.90. The van der Waals surface area contributed by atoms with Gasteiger partial charge in [-0.3, -0.25) is 0 Å². The summed E-state index contributed by atoms with van der Waals surface area (Å²) in [6, 6.07) is 0. The molecule has 0 aromatic heterocycles. The number of hydrogen-bond acceptors (Lipinski definition) is 1. The normalized spacial score (nSPS) is 36.8. The van der Waals surface area contributed by atoms with Gasteiger partial charge in [0.25, 0.3) is 0 Å². The monoisotopic (exact) mass is 536 g/mol. The molecule has 2 saturated heterocycles. The predicted octanol–water partition coefficient (Wildman–Crippen LogP) is -3.87. The lowest BCUT2D eigenvalue weighted by Gasteiger charge is -2.38. The molecule has 3 fully saturated rings. The first-order chi connectivity index (χ1) is 9.59. The lowest BCUT2D eigenvalue weighted by atomic mass is 9.82. The molecule has 22 heavy (non-hydrogen) atoms. The van der Waals surface area contributed by atoms with Gasteiger partial charge in [0.2, 0.25) is 0 Å². The highest BCUT2D eigenvalue weighted by atomic mass is 127. The van der Waals surface area contributed by atoms with Crippen molar-refractivity contribution in [3.8, 4) is 0 Å². The Morgan fingerprint density at radius 1 is 0.818 bits per heavy atom. The molecule has 2 heterocycles. The molecule has 3 nitrogen and oxygen atoms in total. The SMILES string of the molecule is C[N+]1(CCC[N+]2(C)CC3CCCCC3C2)CCOCC1.[I-].[I-]. The standard InChI is InChI=1S/C17H34N2O.2HI/c1-18(10-12-20-13-11-18)8-5-9-19(2)14-16-6-3-4-7-17(16)15-19;;/h16-17H,3-15H2,1-2H3;2*1H/q+2;;/p-2. The summed E-state index contributed by atoms with van der Waals surface area (Å²) in [5.74, 6) is 2.11. The average molecular weight is 536 g/mol. The number of rotatable bonds is 4. The Bertz CT molecular complexity index is 321. The van der Waals surface area contributed by atoms with Crippen molar-refractivity contribution in [1.82, 2.24) is 0 Å². The molecule has 132 valence electrons. The molecule has 0 amide bonds. The highest BCUT2D eigenvalue weighted by Crippen LogP contribution is 2.39. The predicted molar refractivity (Wildman–Crippen MR) is 82.5 cm³/mol. The third kappa shape index (κ3) is 5.43. The first-order valence-corrected chi connectivity index (χ1v) is 8.84. The molecule has 1 aliphatic carbocycles. The second-order valence-corrected chi connectivity index (χ2v) is 8.27. The van der Waals surface area contributed by atoms with Crippen molar-refractivity contribution in [2.24, 2.45) is 11.8 Å². The molecule has 3 rings (SSSR count). The molecule has 0 spiro atoms. The van der Waals surface area contributed by atoms with Gasteiger partial charge in [-0.05, 0) is 12.8 Å². The number of ether oxygens (including phenoxy) is 1. The van der Waals surface area contributed by atoms with Crippen LogP contribution >= 0.6 is 0 Å². The van der Waals surface area contributed by atoms with Crippen LogP contribution in [0.1, 0.15) is 32.1 Å². The maximum absolute atomic E-state index is 5.51. The van der Waals surface area contributed by atoms with Crippen LogP contribution in [-0.4, -0.2) is 75.5 Å². The number of halogens is 2. The lowest BCUT2D eigenvalue weighted by molar-refractivity contribution is -0.928. The zero-order chi connectivity index (χ0) is 14.1. The zero-order valence-electron chi connectivity index (χ0n) is 14.4. The van der Waals surface area contributed by atoms with E-state index in [9.17, 15) is 0 Å². The van der Waals surface area contributed by atoms with Crippen LogP contribution < -0.4 is 48.0 Å². The Balaban J connectivity index is 0.00000121. The van der Waals surface area contributed by atoms with Crippen molar-refractivity contribution in [2.45, 2.75) is 32.1 Å². The summed E-state index contributed by atoms with van der Waals surface area (Å²) in [6.07, 6.45) is 7.42. The van der Waals surface area contributed by atoms with Crippen LogP contribution in [0.2, 0.25) is 0 Å². The minimum atomic E-state index is 0. The van der Waals surface area contributed by atoms with E-state index in [1.807, 2.05) is 0 Å². The highest BCUT2D eigenvalue weighted by Gasteiger charge is 2.43. The van der Waals surface area contributed by atoms with E-state index in [1.54, 1.807) is 0 Å². The fraction of sp³-hybridized carbons (Fsp3) is 1.00. The molecule has 2 aliphatic heterocycles. The van der Waals surface area contributed by atoms with Crippen LogP contribution in [-0.2, 0) is 4.74 Å². The van der Waals surface area contributed by atoms with Gasteiger partial charge in [-0.25, -0.2) is 0 Å². The fourth-order valence-electron chi connectivity index (χ4n) is 5.00. The van der Waals surface area contributed by atoms with Crippen molar-refractivity contribution in [3.63, 3.8) is 0 Å². The number of likely N-dealkylation sites (tertiary alicyclic amines) is 1. The molecule has 3 aliphatic rings. The number of hydrogen-bond donors (Lipinski definition) is 0. The minimum absolute atomic E-state index is 0. The summed E-state index contributed by atoms with van der Waals surface area (Å²) in [4.78, 5) is 0. The van der Waals surface area contributed by atoms with E-state index in [0.29, 0.717) is 0 Å². The van der Waals surface area contributed by atoms with Gasteiger partial charge in [-0.15, -0.1) is 0 Å². The quantitative estimate of drug-likeness (QED) is 0.264. The Morgan fingerprint density at radius 3 is 1.86 bits per heavy atom. The maximum atomic E-state index is 5.51. The molecule has 0 radical (unpaired) electrons. The summed E-state index contributed by atoms with van der Waals surface area (Å²) in [5, 5.41) is 0. The van der Waals surface area contributed by atoms with Crippen LogP contribution in [0.15, 0.2) is 0 Å². The molecule has 5 heteroatoms. The van der Waals surface area contributed by atoms with Crippen LogP contribution in [0, 0.1) is 11.8 Å². The van der Waals surface area contributed by atoms with Gasteiger partial charge in [-0.2, -0.15) is 0 Å². The molecular weight excluding hydrogens is 502 g/mol. The van der Waals surface area contributed by atoms with Gasteiger partial charge in [0.1, 0.15) is 13.1 Å². The van der Waals surface area contributed by atoms with E-state index in [0.717, 1.165) is 25.0 Å². The van der Waals surface area contributed by atoms with E-state index >= 15 is 0 Å². The number of quaternary nitrogens is 2. The van der Waals surface area contributed by atoms with Crippen LogP contribution in [0.3, 0.4) is 0 Å². The van der Waals surface area contributed by atoms with E-state index < -0.39 is 0 Å². The first-order valence-electron chi connectivity index (χ1n) is 8.84. The topological polar surface area (TPSA) is 9.23 Å². The van der Waals surface area contributed by atoms with Gasteiger partial charge in [-0.1, -0.05) is 12.8 Å². The summed E-state index contributed by atoms with van der Waals surface area (Å²) in [7, 11) is 4.95. The smallest absolute Gasteiger partial charge is 0.102 e. The second-order valence-electron chi connectivity index (χ2n) is 8.27. The fourth-order valence-corrected chi connectivity index (χ4v) is 5.00. The summed E-state index contributed by atoms with van der Waals surface area (Å²) in [5.41, 5.74) is 0. The summed E-state index contributed by atoms with van der Waals surface area (Å²) >= 11 is 0. The van der Waals surface area contributed by atoms with E-state index in [1.165, 1.54) is 80.3 Å². The van der Waals surface area contributed by atoms with Gasteiger partial charge in [0, 0.05) is 18.3 Å². The van der Waals surface area contributed by atoms with Crippen molar-refractivity contribution in [1.29, 1.82) is 0 Å². The van der Waals surface area contributed by atoms with Crippen molar-refractivity contribution < 1.29 is 61.7 Å². The maximum Gasteiger partial charge on any atom is 0.102 e. The Morgan fingerprint density at radius 2 is 1.32 bits per heavy atom. The third-order valence-electron chi connectivity index (χ3n) is 6.36. The molecule has 0 aromatic carbocycles. The molecular formula is C17H34I2N2O. The molecule has 2 unspecified atom stereocenters. The van der Waals surface area contributed by atoms with E-state index in [-0.39, 0.29) is 48.0 Å². The van der Waals surface area contributed by atoms with Gasteiger partial charge >= 0.3 is 0 Å². The van der Waals surface area contributed by atoms with Crippen LogP contribution in [0.4, 0.5) is 0 Å². The number of morpholine rings is 1. The third-order valence-corrected chi connectivity index (χ3v) is 6.36. The Labute approximate surface area is 171 Å². The Hall–Kier alpha value is 1.34. The molecule has 0 aromatic rings. The summed E-state index contributed by atoms with van der Waals surface area (Å²) in [6.45, 7) is 10.1. The average Bonchev–Trinajstić information content (AvgIpc) is 2.75. The highest BCUT2D eigenvalue weighted by molar-refractivity contribution is 4.80. The van der Waals surface area contributed by atoms with Gasteiger partial charge in [0.05, 0.1) is 53.5 Å². The van der Waals surface area contributed by atoms with Crippen molar-refractivity contribution in [2.75, 3.05) is 66.6 Å². The van der Waals surface area contributed by atoms with Crippen molar-refractivity contribution >= 4 is 0 Å². The number of nitrogens with zero attached hydrogens (tertiary/aromatic N) is 2. The molecule has 1 saturated carbocycles. The van der Waals surface area contributed by atoms with E-state index in [2.05, 4.69) is 14.1 Å². The van der Waals surface area contributed by atoms with Gasteiger partial charge in [0.15, 0.2) is 0 Å². The molecule has 0 bridgehead atoms. The zero-order valence-corrected chi connectivity index (χ0v) is 18.7. The minimum Gasteiger partial charge on any atom is -1.00 e. The number of fused-ring (bicyclic) bond motifs is 1. The first kappa shape index (κ1) is 21.4. The van der Waals surface area contributed by atoms with Crippen LogP contribution in [0.25, 0.3) is 0 Å². The summed E-state index contributed by atoms with van der Waals surface area (Å²) < 4.78 is 8.12. The largest absolute Gasteiger partial charge is 1.00 e. The van der Waals surface area contributed by atoms with Crippen molar-refractivity contribution in [3.05, 3.63) is 0 Å². The van der Waals surface area contributed by atoms with Crippen LogP contribution in [0.5, 0.6) is 0 Å². The van der Waals surface area contributed by atoms with Gasteiger partial charge < -0.3 is 61.7 Å². The number of likely N-dealkylation sites (N-methyl/N-ethyl adjacent to an activating group) is 1.